The second-order valence-corrected chi connectivity index (χ2v) is 10.4. The van der Waals surface area contributed by atoms with Gasteiger partial charge in [0.2, 0.25) is 5.91 Å². The molecule has 1 atom stereocenters. The molecule has 0 unspecified atom stereocenters. The lowest BCUT2D eigenvalue weighted by Crippen LogP contribution is -2.45. The van der Waals surface area contributed by atoms with E-state index in [1.165, 1.54) is 0 Å². The number of rotatable bonds is 14. The Morgan fingerprint density at radius 3 is 2.14 bits per heavy atom. The van der Waals surface area contributed by atoms with Crippen molar-refractivity contribution in [2.75, 3.05) is 13.2 Å². The highest BCUT2D eigenvalue weighted by Gasteiger charge is 2.24. The van der Waals surface area contributed by atoms with E-state index in [1.54, 1.807) is 38.1 Å². The van der Waals surface area contributed by atoms with Crippen LogP contribution in [0.25, 0.3) is 0 Å². The second-order valence-electron chi connectivity index (χ2n) is 8.36. The Morgan fingerprint density at radius 1 is 0.865 bits per heavy atom. The van der Waals surface area contributed by atoms with E-state index >= 15 is 0 Å². The average molecular weight is 525 g/mol. The van der Waals surface area contributed by atoms with Crippen molar-refractivity contribution in [2.45, 2.75) is 39.1 Å². The Labute approximate surface area is 217 Å². The SMILES string of the molecule is CCOP(=O)(Cc1ccc(C(=O)N[C@@H](Cc2cccc(OCc3ccccc3)c2)C(N)=O)cc1)OCC. The predicted molar refractivity (Wildman–Crippen MR) is 142 cm³/mol. The van der Waals surface area contributed by atoms with Crippen molar-refractivity contribution in [3.05, 3.63) is 101 Å². The van der Waals surface area contributed by atoms with Gasteiger partial charge < -0.3 is 24.8 Å². The minimum absolute atomic E-state index is 0.100. The third kappa shape index (κ3) is 8.86. The summed E-state index contributed by atoms with van der Waals surface area (Å²) in [6.07, 6.45) is 0.316. The third-order valence-corrected chi connectivity index (χ3v) is 7.53. The first-order valence-electron chi connectivity index (χ1n) is 12.1. The number of amides is 2. The molecule has 0 aliphatic carbocycles. The van der Waals surface area contributed by atoms with Crippen LogP contribution in [-0.2, 0) is 37.6 Å². The molecule has 0 heterocycles. The number of carbonyl (C=O) groups excluding carboxylic acids is 2. The summed E-state index contributed by atoms with van der Waals surface area (Å²) in [5, 5.41) is 2.71. The molecule has 3 aromatic carbocycles. The van der Waals surface area contributed by atoms with Crippen molar-refractivity contribution in [2.24, 2.45) is 5.73 Å². The third-order valence-electron chi connectivity index (χ3n) is 5.48. The zero-order valence-corrected chi connectivity index (χ0v) is 22.0. The van der Waals surface area contributed by atoms with Crippen molar-refractivity contribution in [1.82, 2.24) is 5.32 Å². The highest BCUT2D eigenvalue weighted by molar-refractivity contribution is 7.53. The van der Waals surface area contributed by atoms with Gasteiger partial charge in [0.15, 0.2) is 0 Å². The Hall–Kier alpha value is -3.45. The number of primary amides is 1. The summed E-state index contributed by atoms with van der Waals surface area (Å²) in [5.41, 5.74) is 8.48. The molecule has 196 valence electrons. The standard InChI is InChI=1S/C28H33N2O6P/c1-3-35-37(33,36-4-2)20-22-13-15-24(16-14-22)28(32)30-26(27(29)31)18-23-11-8-12-25(17-23)34-19-21-9-6-5-7-10-21/h5-17,26H,3-4,18-20H2,1-2H3,(H2,29,31)(H,30,32)/t26-/m0/s1. The van der Waals surface area contributed by atoms with Crippen LogP contribution in [0.4, 0.5) is 0 Å². The highest BCUT2D eigenvalue weighted by atomic mass is 31.2. The van der Waals surface area contributed by atoms with Crippen molar-refractivity contribution < 1.29 is 27.9 Å². The minimum atomic E-state index is -3.25. The summed E-state index contributed by atoms with van der Waals surface area (Å²) in [7, 11) is -3.25. The number of nitrogens with two attached hydrogens (primary N) is 1. The number of hydrogen-bond acceptors (Lipinski definition) is 6. The molecule has 8 nitrogen and oxygen atoms in total. The minimum Gasteiger partial charge on any atom is -0.489 e. The van der Waals surface area contributed by atoms with E-state index in [9.17, 15) is 14.2 Å². The van der Waals surface area contributed by atoms with E-state index in [0.717, 1.165) is 11.1 Å². The molecular formula is C28H33N2O6P. The van der Waals surface area contributed by atoms with Crippen LogP contribution in [0, 0.1) is 0 Å². The molecule has 0 saturated heterocycles. The fourth-order valence-corrected chi connectivity index (χ4v) is 5.41. The molecule has 0 fully saturated rings. The van der Waals surface area contributed by atoms with E-state index in [-0.39, 0.29) is 25.8 Å². The van der Waals surface area contributed by atoms with Gasteiger partial charge in [0.1, 0.15) is 18.4 Å². The predicted octanol–water partition coefficient (Wildman–Crippen LogP) is 4.86. The van der Waals surface area contributed by atoms with Gasteiger partial charge in [-0.3, -0.25) is 14.2 Å². The lowest BCUT2D eigenvalue weighted by atomic mass is 10.0. The number of nitrogens with one attached hydrogen (secondary N) is 1. The smallest absolute Gasteiger partial charge is 0.335 e. The maximum absolute atomic E-state index is 12.8. The normalized spacial score (nSPS) is 12.1. The number of benzene rings is 3. The molecule has 0 bridgehead atoms. The van der Waals surface area contributed by atoms with Crippen LogP contribution >= 0.6 is 7.60 Å². The van der Waals surface area contributed by atoms with Crippen molar-refractivity contribution in [1.29, 1.82) is 0 Å². The van der Waals surface area contributed by atoms with Crippen LogP contribution in [-0.4, -0.2) is 31.1 Å². The number of hydrogen-bond donors (Lipinski definition) is 2. The molecule has 3 rings (SSSR count). The van der Waals surface area contributed by atoms with Gasteiger partial charge >= 0.3 is 7.60 Å². The van der Waals surface area contributed by atoms with Gasteiger partial charge in [-0.1, -0.05) is 54.6 Å². The molecule has 0 aliphatic heterocycles. The van der Waals surface area contributed by atoms with Gasteiger partial charge in [0, 0.05) is 12.0 Å². The molecule has 0 saturated carbocycles. The van der Waals surface area contributed by atoms with Crippen molar-refractivity contribution >= 4 is 19.4 Å². The fraction of sp³-hybridized carbons (Fsp3) is 0.286. The first-order valence-corrected chi connectivity index (χ1v) is 13.9. The Morgan fingerprint density at radius 2 is 1.51 bits per heavy atom. The Bertz CT molecular complexity index is 1210. The van der Waals surface area contributed by atoms with E-state index in [1.807, 2.05) is 54.6 Å². The summed E-state index contributed by atoms with van der Waals surface area (Å²) < 4.78 is 29.3. The largest absolute Gasteiger partial charge is 0.489 e. The highest BCUT2D eigenvalue weighted by Crippen LogP contribution is 2.51. The Kier molecular flexibility index (Phi) is 10.4. The van der Waals surface area contributed by atoms with E-state index in [4.69, 9.17) is 19.5 Å². The van der Waals surface area contributed by atoms with Gasteiger partial charge in [-0.2, -0.15) is 0 Å². The number of ether oxygens (including phenoxy) is 1. The van der Waals surface area contributed by atoms with E-state index in [2.05, 4.69) is 5.32 Å². The van der Waals surface area contributed by atoms with Gasteiger partial charge in [-0.25, -0.2) is 0 Å². The molecule has 0 spiro atoms. The lowest BCUT2D eigenvalue weighted by molar-refractivity contribution is -0.119. The molecule has 9 heteroatoms. The molecule has 37 heavy (non-hydrogen) atoms. The first kappa shape index (κ1) is 28.1. The maximum atomic E-state index is 12.8. The summed E-state index contributed by atoms with van der Waals surface area (Å²) in [5.74, 6) is -0.428. The van der Waals surface area contributed by atoms with Crippen LogP contribution in [0.2, 0.25) is 0 Å². The quantitative estimate of drug-likeness (QED) is 0.291. The fourth-order valence-electron chi connectivity index (χ4n) is 3.71. The second kappa shape index (κ2) is 13.7. The summed E-state index contributed by atoms with van der Waals surface area (Å²) in [6.45, 7) is 4.47. The van der Waals surface area contributed by atoms with Gasteiger partial charge in [-0.15, -0.1) is 0 Å². The summed E-state index contributed by atoms with van der Waals surface area (Å²) in [6, 6.07) is 22.8. The molecule has 3 N–H and O–H groups in total. The topological polar surface area (TPSA) is 117 Å². The van der Waals surface area contributed by atoms with Gasteiger partial charge in [0.25, 0.3) is 5.91 Å². The molecule has 0 radical (unpaired) electrons. The average Bonchev–Trinajstić information content (AvgIpc) is 2.88. The van der Waals surface area contributed by atoms with Crippen LogP contribution in [0.3, 0.4) is 0 Å². The van der Waals surface area contributed by atoms with Crippen molar-refractivity contribution in [3.8, 4) is 5.75 Å². The first-order chi connectivity index (χ1) is 17.8. The van der Waals surface area contributed by atoms with Crippen LogP contribution in [0.1, 0.15) is 40.9 Å². The Balaban J connectivity index is 1.62. The maximum Gasteiger partial charge on any atom is 0.335 e. The summed E-state index contributed by atoms with van der Waals surface area (Å²) >= 11 is 0. The lowest BCUT2D eigenvalue weighted by Gasteiger charge is -2.18. The summed E-state index contributed by atoms with van der Waals surface area (Å²) in [4.78, 5) is 24.9. The molecule has 2 amide bonds. The van der Waals surface area contributed by atoms with Gasteiger partial charge in [-0.05, 0) is 54.8 Å². The molecular weight excluding hydrogens is 491 g/mol. The number of carbonyl (C=O) groups is 2. The zero-order chi connectivity index (χ0) is 26.7. The van der Waals surface area contributed by atoms with Crippen LogP contribution in [0.15, 0.2) is 78.9 Å². The molecule has 0 aromatic heterocycles. The van der Waals surface area contributed by atoms with E-state index < -0.39 is 25.5 Å². The monoisotopic (exact) mass is 524 g/mol. The van der Waals surface area contributed by atoms with Crippen molar-refractivity contribution in [3.63, 3.8) is 0 Å². The molecule has 0 aliphatic rings. The van der Waals surface area contributed by atoms with E-state index in [0.29, 0.717) is 23.5 Å². The van der Waals surface area contributed by atoms with Crippen LogP contribution < -0.4 is 15.8 Å². The van der Waals surface area contributed by atoms with Crippen LogP contribution in [0.5, 0.6) is 5.75 Å². The zero-order valence-electron chi connectivity index (χ0n) is 21.1. The van der Waals surface area contributed by atoms with Gasteiger partial charge in [0.05, 0.1) is 19.4 Å². The molecule has 3 aromatic rings.